The van der Waals surface area contributed by atoms with Crippen molar-refractivity contribution < 1.29 is 9.59 Å². The first kappa shape index (κ1) is 8.83. The molecule has 0 aromatic carbocycles. The molecule has 1 rings (SSSR count). The van der Waals surface area contributed by atoms with E-state index < -0.39 is 11.4 Å². The Morgan fingerprint density at radius 3 is 2.58 bits per heavy atom. The van der Waals surface area contributed by atoms with Gasteiger partial charge in [-0.25, -0.2) is 4.79 Å². The van der Waals surface area contributed by atoms with Crippen LogP contribution in [0.4, 0.5) is 4.79 Å². The fraction of sp³-hybridized carbons (Fsp3) is 0.714. The van der Waals surface area contributed by atoms with Crippen LogP contribution in [0.3, 0.4) is 0 Å². The van der Waals surface area contributed by atoms with Gasteiger partial charge in [-0.05, 0) is 13.8 Å². The summed E-state index contributed by atoms with van der Waals surface area (Å²) in [5, 5.41) is 2.61. The predicted molar refractivity (Wildman–Crippen MR) is 43.4 cm³/mol. The molecule has 3 amide bonds. The Morgan fingerprint density at radius 2 is 2.25 bits per heavy atom. The number of carbonyl (C=O) groups excluding carboxylic acids is 2. The van der Waals surface area contributed by atoms with Gasteiger partial charge in [0.2, 0.25) is 5.91 Å². The zero-order valence-electron chi connectivity index (χ0n) is 7.26. The number of nitrogens with one attached hydrogen (secondary N) is 1. The van der Waals surface area contributed by atoms with E-state index >= 15 is 0 Å². The van der Waals surface area contributed by atoms with E-state index in [0.717, 1.165) is 0 Å². The molecule has 0 spiro atoms. The molecule has 0 atom stereocenters. The molecule has 3 N–H and O–H groups in total. The highest BCUT2D eigenvalue weighted by molar-refractivity contribution is 5.89. The van der Waals surface area contributed by atoms with Gasteiger partial charge in [0.25, 0.3) is 0 Å². The Morgan fingerprint density at radius 1 is 1.67 bits per heavy atom. The summed E-state index contributed by atoms with van der Waals surface area (Å²) in [6.07, 6.45) is 0. The van der Waals surface area contributed by atoms with Gasteiger partial charge in [-0.1, -0.05) is 0 Å². The SMILES string of the molecule is CC(C)(C(N)=O)N1CCNC1=O. The number of primary amides is 1. The third-order valence-electron chi connectivity index (χ3n) is 2.13. The molecule has 5 nitrogen and oxygen atoms in total. The highest BCUT2D eigenvalue weighted by atomic mass is 16.2. The highest BCUT2D eigenvalue weighted by Crippen LogP contribution is 2.15. The van der Waals surface area contributed by atoms with E-state index in [1.807, 2.05) is 0 Å². The van der Waals surface area contributed by atoms with Crippen LogP contribution in [-0.2, 0) is 4.79 Å². The third-order valence-corrected chi connectivity index (χ3v) is 2.13. The normalized spacial score (nSPS) is 17.8. The van der Waals surface area contributed by atoms with Crippen molar-refractivity contribution >= 4 is 11.9 Å². The molecular weight excluding hydrogens is 158 g/mol. The molecule has 68 valence electrons. The van der Waals surface area contributed by atoms with Crippen molar-refractivity contribution in [3.05, 3.63) is 0 Å². The summed E-state index contributed by atoms with van der Waals surface area (Å²) in [7, 11) is 0. The van der Waals surface area contributed by atoms with Crippen molar-refractivity contribution in [1.29, 1.82) is 0 Å². The lowest BCUT2D eigenvalue weighted by molar-refractivity contribution is -0.126. The second kappa shape index (κ2) is 2.66. The summed E-state index contributed by atoms with van der Waals surface area (Å²) in [4.78, 5) is 23.5. The van der Waals surface area contributed by atoms with Crippen molar-refractivity contribution in [2.75, 3.05) is 13.1 Å². The summed E-state index contributed by atoms with van der Waals surface area (Å²) in [6, 6.07) is -0.223. The topological polar surface area (TPSA) is 75.4 Å². The van der Waals surface area contributed by atoms with Crippen LogP contribution >= 0.6 is 0 Å². The molecule has 0 bridgehead atoms. The Hall–Kier alpha value is -1.26. The zero-order chi connectivity index (χ0) is 9.35. The molecule has 0 aromatic rings. The molecule has 0 aromatic heterocycles. The average Bonchev–Trinajstić information content (AvgIpc) is 2.35. The Kier molecular flexibility index (Phi) is 1.95. The van der Waals surface area contributed by atoms with Gasteiger partial charge in [-0.15, -0.1) is 0 Å². The lowest BCUT2D eigenvalue weighted by Gasteiger charge is -2.30. The Bertz CT molecular complexity index is 225. The second-order valence-corrected chi connectivity index (χ2v) is 3.31. The molecule has 0 aliphatic carbocycles. The second-order valence-electron chi connectivity index (χ2n) is 3.31. The fourth-order valence-electron chi connectivity index (χ4n) is 1.14. The minimum Gasteiger partial charge on any atom is -0.368 e. The summed E-state index contributed by atoms with van der Waals surface area (Å²) in [6.45, 7) is 4.39. The number of urea groups is 1. The van der Waals surface area contributed by atoms with E-state index in [4.69, 9.17) is 5.73 Å². The maximum Gasteiger partial charge on any atom is 0.318 e. The molecule has 0 saturated carbocycles. The summed E-state index contributed by atoms with van der Waals surface area (Å²) in [5.41, 5.74) is 4.26. The van der Waals surface area contributed by atoms with Gasteiger partial charge in [-0.2, -0.15) is 0 Å². The van der Waals surface area contributed by atoms with Crippen LogP contribution < -0.4 is 11.1 Å². The standard InChI is InChI=1S/C7H13N3O2/c1-7(2,5(8)11)10-4-3-9-6(10)12/h3-4H2,1-2H3,(H2,8,11)(H,9,12). The molecular formula is C7H13N3O2. The van der Waals surface area contributed by atoms with E-state index in [0.29, 0.717) is 13.1 Å². The number of hydrogen-bond acceptors (Lipinski definition) is 2. The fourth-order valence-corrected chi connectivity index (χ4v) is 1.14. The van der Waals surface area contributed by atoms with E-state index in [1.54, 1.807) is 13.8 Å². The van der Waals surface area contributed by atoms with E-state index in [9.17, 15) is 9.59 Å². The summed E-state index contributed by atoms with van der Waals surface area (Å²) < 4.78 is 0. The van der Waals surface area contributed by atoms with Gasteiger partial charge >= 0.3 is 6.03 Å². The minimum absolute atomic E-state index is 0.223. The number of nitrogens with two attached hydrogens (primary N) is 1. The van der Waals surface area contributed by atoms with Crippen LogP contribution in [0, 0.1) is 0 Å². The minimum atomic E-state index is -0.888. The van der Waals surface area contributed by atoms with E-state index in [-0.39, 0.29) is 6.03 Å². The first-order chi connectivity index (χ1) is 5.46. The predicted octanol–water partition coefficient (Wildman–Crippen LogP) is -0.724. The quantitative estimate of drug-likeness (QED) is 0.575. The molecule has 0 radical (unpaired) electrons. The van der Waals surface area contributed by atoms with Gasteiger partial charge in [0, 0.05) is 13.1 Å². The van der Waals surface area contributed by atoms with E-state index in [1.165, 1.54) is 4.90 Å². The van der Waals surface area contributed by atoms with Crippen LogP contribution in [0.5, 0.6) is 0 Å². The molecule has 1 fully saturated rings. The largest absolute Gasteiger partial charge is 0.368 e. The number of hydrogen-bond donors (Lipinski definition) is 2. The number of nitrogens with zero attached hydrogens (tertiary/aromatic N) is 1. The Labute approximate surface area is 70.9 Å². The number of carbonyl (C=O) groups is 2. The van der Waals surface area contributed by atoms with Crippen LogP contribution in [-0.4, -0.2) is 35.5 Å². The monoisotopic (exact) mass is 171 g/mol. The van der Waals surface area contributed by atoms with Crippen LogP contribution in [0.1, 0.15) is 13.8 Å². The maximum absolute atomic E-state index is 11.1. The van der Waals surface area contributed by atoms with Crippen LogP contribution in [0.15, 0.2) is 0 Å². The first-order valence-corrected chi connectivity index (χ1v) is 3.81. The van der Waals surface area contributed by atoms with Crippen molar-refractivity contribution in [3.63, 3.8) is 0 Å². The molecule has 1 heterocycles. The van der Waals surface area contributed by atoms with Gasteiger partial charge < -0.3 is 16.0 Å². The highest BCUT2D eigenvalue weighted by Gasteiger charge is 2.38. The van der Waals surface area contributed by atoms with Gasteiger partial charge in [-0.3, -0.25) is 4.79 Å². The van der Waals surface area contributed by atoms with Gasteiger partial charge in [0.1, 0.15) is 5.54 Å². The van der Waals surface area contributed by atoms with Gasteiger partial charge in [0.15, 0.2) is 0 Å². The van der Waals surface area contributed by atoms with Crippen molar-refractivity contribution in [2.24, 2.45) is 5.73 Å². The van der Waals surface area contributed by atoms with Gasteiger partial charge in [0.05, 0.1) is 0 Å². The molecule has 5 heteroatoms. The maximum atomic E-state index is 11.1. The van der Waals surface area contributed by atoms with Crippen LogP contribution in [0.25, 0.3) is 0 Å². The molecule has 1 aliphatic heterocycles. The zero-order valence-corrected chi connectivity index (χ0v) is 7.26. The lowest BCUT2D eigenvalue weighted by Crippen LogP contribution is -2.54. The molecule has 0 unspecified atom stereocenters. The summed E-state index contributed by atoms with van der Waals surface area (Å²) in [5.74, 6) is -0.487. The smallest absolute Gasteiger partial charge is 0.318 e. The lowest BCUT2D eigenvalue weighted by atomic mass is 10.0. The van der Waals surface area contributed by atoms with Crippen molar-refractivity contribution in [1.82, 2.24) is 10.2 Å². The summed E-state index contributed by atoms with van der Waals surface area (Å²) >= 11 is 0. The third kappa shape index (κ3) is 1.22. The van der Waals surface area contributed by atoms with Crippen molar-refractivity contribution in [2.45, 2.75) is 19.4 Å². The molecule has 1 aliphatic rings. The first-order valence-electron chi connectivity index (χ1n) is 3.81. The molecule has 1 saturated heterocycles. The van der Waals surface area contributed by atoms with Crippen molar-refractivity contribution in [3.8, 4) is 0 Å². The average molecular weight is 171 g/mol. The van der Waals surface area contributed by atoms with E-state index in [2.05, 4.69) is 5.32 Å². The number of amides is 3. The Balaban J connectivity index is 2.80. The van der Waals surface area contributed by atoms with Crippen LogP contribution in [0.2, 0.25) is 0 Å². The molecule has 12 heavy (non-hydrogen) atoms. The number of rotatable bonds is 2.